The van der Waals surface area contributed by atoms with E-state index in [2.05, 4.69) is 0 Å². The van der Waals surface area contributed by atoms with Crippen LogP contribution in [0.25, 0.3) is 0 Å². The smallest absolute Gasteiger partial charge is 0.411 e. The minimum Gasteiger partial charge on any atom is -0.480 e. The van der Waals surface area contributed by atoms with Gasteiger partial charge < -0.3 is 9.84 Å². The maximum absolute atomic E-state index is 11.9. The van der Waals surface area contributed by atoms with Crippen LogP contribution in [0, 0.1) is 5.92 Å². The Morgan fingerprint density at radius 3 is 2.65 bits per heavy atom. The molecule has 1 aromatic rings. The van der Waals surface area contributed by atoms with Crippen LogP contribution in [0.1, 0.15) is 19.4 Å². The molecule has 0 aliphatic carbocycles. The quantitative estimate of drug-likeness (QED) is 0.928. The van der Waals surface area contributed by atoms with Gasteiger partial charge in [-0.3, -0.25) is 4.90 Å². The molecule has 0 radical (unpaired) electrons. The van der Waals surface area contributed by atoms with E-state index in [0.29, 0.717) is 10.6 Å². The molecule has 1 aromatic carbocycles. The van der Waals surface area contributed by atoms with E-state index >= 15 is 0 Å². The highest BCUT2D eigenvalue weighted by Crippen LogP contribution is 2.28. The number of ether oxygens (including phenoxy) is 1. The lowest BCUT2D eigenvalue weighted by Crippen LogP contribution is -2.44. The number of hydrogen-bond donors (Lipinski definition) is 1. The summed E-state index contributed by atoms with van der Waals surface area (Å²) in [7, 11) is 0. The van der Waals surface area contributed by atoms with Crippen LogP contribution in [0.15, 0.2) is 24.3 Å². The summed E-state index contributed by atoms with van der Waals surface area (Å²) in [5.41, 5.74) is 0.696. The second kappa shape index (κ2) is 5.71. The summed E-state index contributed by atoms with van der Waals surface area (Å²) in [5.74, 6) is -1.14. The lowest BCUT2D eigenvalue weighted by atomic mass is 9.99. The number of carbonyl (C=O) groups is 2. The third-order valence-electron chi connectivity index (χ3n) is 3.33. The largest absolute Gasteiger partial charge is 0.480 e. The molecule has 1 aliphatic heterocycles. The molecular weight excluding hydrogens is 282 g/mol. The maximum atomic E-state index is 11.9. The summed E-state index contributed by atoms with van der Waals surface area (Å²) in [6, 6.07) is 6.04. The Kier molecular flexibility index (Phi) is 4.18. The summed E-state index contributed by atoms with van der Waals surface area (Å²) >= 11 is 6.05. The van der Waals surface area contributed by atoms with Gasteiger partial charge in [0.25, 0.3) is 0 Å². The molecule has 1 N–H and O–H groups in total. The van der Waals surface area contributed by atoms with E-state index in [1.165, 1.54) is 4.90 Å². The third kappa shape index (κ3) is 2.72. The van der Waals surface area contributed by atoms with Crippen LogP contribution in [-0.4, -0.2) is 34.2 Å². The lowest BCUT2D eigenvalue weighted by molar-refractivity contribution is -0.143. The van der Waals surface area contributed by atoms with Gasteiger partial charge in [0.1, 0.15) is 6.10 Å². The number of carbonyl (C=O) groups excluding carboxylic acids is 1. The first kappa shape index (κ1) is 14.7. The van der Waals surface area contributed by atoms with Gasteiger partial charge in [-0.05, 0) is 17.5 Å². The number of halogens is 1. The molecule has 108 valence electrons. The zero-order valence-corrected chi connectivity index (χ0v) is 12.0. The Bertz CT molecular complexity index is 532. The minimum atomic E-state index is -1.07. The van der Waals surface area contributed by atoms with Gasteiger partial charge in [0.05, 0.1) is 6.54 Å². The first-order chi connectivity index (χ1) is 9.41. The van der Waals surface area contributed by atoms with Crippen LogP contribution < -0.4 is 0 Å². The van der Waals surface area contributed by atoms with Crippen molar-refractivity contribution in [2.24, 2.45) is 5.92 Å². The predicted molar refractivity (Wildman–Crippen MR) is 73.5 cm³/mol. The molecule has 0 unspecified atom stereocenters. The van der Waals surface area contributed by atoms with E-state index < -0.39 is 24.2 Å². The van der Waals surface area contributed by atoms with E-state index in [4.69, 9.17) is 16.3 Å². The van der Waals surface area contributed by atoms with E-state index in [0.717, 1.165) is 0 Å². The van der Waals surface area contributed by atoms with Crippen molar-refractivity contribution in [3.63, 3.8) is 0 Å². The van der Waals surface area contributed by atoms with E-state index in [9.17, 15) is 14.7 Å². The van der Waals surface area contributed by atoms with Gasteiger partial charge in [-0.2, -0.15) is 0 Å². The van der Waals surface area contributed by atoms with Crippen molar-refractivity contribution in [2.45, 2.75) is 32.5 Å². The third-order valence-corrected chi connectivity index (χ3v) is 3.70. The lowest BCUT2D eigenvalue weighted by Gasteiger charge is -2.22. The van der Waals surface area contributed by atoms with Gasteiger partial charge in [-0.1, -0.05) is 43.6 Å². The second-order valence-electron chi connectivity index (χ2n) is 5.09. The summed E-state index contributed by atoms with van der Waals surface area (Å²) in [5, 5.41) is 9.86. The van der Waals surface area contributed by atoms with Crippen LogP contribution in [0.5, 0.6) is 0 Å². The van der Waals surface area contributed by atoms with Crippen molar-refractivity contribution in [2.75, 3.05) is 0 Å². The van der Waals surface area contributed by atoms with Gasteiger partial charge in [0.2, 0.25) is 0 Å². The Labute approximate surface area is 122 Å². The normalized spacial score (nSPS) is 22.2. The number of rotatable bonds is 4. The summed E-state index contributed by atoms with van der Waals surface area (Å²) in [4.78, 5) is 24.6. The first-order valence-electron chi connectivity index (χ1n) is 6.35. The minimum absolute atomic E-state index is 0.0729. The summed E-state index contributed by atoms with van der Waals surface area (Å²) in [6.45, 7) is 3.78. The van der Waals surface area contributed by atoms with Crippen LogP contribution >= 0.6 is 11.6 Å². The molecule has 2 rings (SSSR count). The van der Waals surface area contributed by atoms with Gasteiger partial charge in [0, 0.05) is 5.02 Å². The zero-order chi connectivity index (χ0) is 14.9. The molecule has 1 amide bonds. The molecular formula is C14H16ClNO4. The first-order valence-corrected chi connectivity index (χ1v) is 6.73. The number of hydrogen-bond acceptors (Lipinski definition) is 3. The fourth-order valence-corrected chi connectivity index (χ4v) is 2.48. The highest BCUT2D eigenvalue weighted by Gasteiger charge is 2.47. The van der Waals surface area contributed by atoms with E-state index in [-0.39, 0.29) is 12.5 Å². The Hall–Kier alpha value is -1.75. The molecule has 5 nitrogen and oxygen atoms in total. The number of carboxylic acids is 1. The average Bonchev–Trinajstić information content (AvgIpc) is 2.70. The molecule has 1 fully saturated rings. The van der Waals surface area contributed by atoms with E-state index in [1.54, 1.807) is 24.3 Å². The summed E-state index contributed by atoms with van der Waals surface area (Å²) in [6.07, 6.45) is -1.27. The Morgan fingerprint density at radius 2 is 2.10 bits per heavy atom. The van der Waals surface area contributed by atoms with Gasteiger partial charge in [-0.15, -0.1) is 0 Å². The molecule has 0 bridgehead atoms. The average molecular weight is 298 g/mol. The maximum Gasteiger partial charge on any atom is 0.411 e. The molecule has 6 heteroatoms. The second-order valence-corrected chi connectivity index (χ2v) is 5.50. The van der Waals surface area contributed by atoms with Gasteiger partial charge in [-0.25, -0.2) is 9.59 Å². The number of aliphatic carboxylic acids is 1. The predicted octanol–water partition coefficient (Wildman–Crippen LogP) is 2.77. The number of carboxylic acid groups (broad SMARTS) is 1. The highest BCUT2D eigenvalue weighted by atomic mass is 35.5. The van der Waals surface area contributed by atoms with Crippen LogP contribution in [0.3, 0.4) is 0 Å². The van der Waals surface area contributed by atoms with Gasteiger partial charge >= 0.3 is 12.1 Å². The summed E-state index contributed by atoms with van der Waals surface area (Å²) < 4.78 is 5.18. The standard InChI is InChI=1S/C14H16ClNO4/c1-8(2)12-11(13(17)18)16(14(19)20-12)7-9-5-3-4-6-10(9)15/h3-6,8,11-12H,7H2,1-2H3,(H,17,18)/t11-,12+/m1/s1. The number of amides is 1. The highest BCUT2D eigenvalue weighted by molar-refractivity contribution is 6.31. The topological polar surface area (TPSA) is 66.8 Å². The van der Waals surface area contributed by atoms with Crippen LogP contribution in [0.4, 0.5) is 4.79 Å². The zero-order valence-electron chi connectivity index (χ0n) is 11.2. The van der Waals surface area contributed by atoms with Crippen LogP contribution in [0.2, 0.25) is 5.02 Å². The fourth-order valence-electron chi connectivity index (χ4n) is 2.29. The molecule has 1 aliphatic rings. The number of cyclic esters (lactones) is 1. The Morgan fingerprint density at radius 1 is 1.45 bits per heavy atom. The SMILES string of the molecule is CC(C)[C@@H]1OC(=O)N(Cc2ccccc2Cl)[C@H]1C(=O)O. The molecule has 0 aromatic heterocycles. The molecule has 20 heavy (non-hydrogen) atoms. The van der Waals surface area contributed by atoms with Crippen molar-refractivity contribution < 1.29 is 19.4 Å². The Balaban J connectivity index is 2.27. The molecule has 0 spiro atoms. The molecule has 1 saturated heterocycles. The van der Waals surface area contributed by atoms with Crippen molar-refractivity contribution in [3.8, 4) is 0 Å². The molecule has 1 heterocycles. The van der Waals surface area contributed by atoms with Crippen molar-refractivity contribution in [1.82, 2.24) is 4.90 Å². The molecule has 2 atom stereocenters. The van der Waals surface area contributed by atoms with E-state index in [1.807, 2.05) is 13.8 Å². The van der Waals surface area contributed by atoms with Crippen LogP contribution in [-0.2, 0) is 16.1 Å². The molecule has 0 saturated carbocycles. The number of nitrogens with zero attached hydrogens (tertiary/aromatic N) is 1. The van der Waals surface area contributed by atoms with Crippen molar-refractivity contribution in [1.29, 1.82) is 0 Å². The van der Waals surface area contributed by atoms with Crippen molar-refractivity contribution in [3.05, 3.63) is 34.9 Å². The monoisotopic (exact) mass is 297 g/mol. The number of benzene rings is 1. The van der Waals surface area contributed by atoms with Crippen molar-refractivity contribution >= 4 is 23.7 Å². The fraction of sp³-hybridized carbons (Fsp3) is 0.429. The van der Waals surface area contributed by atoms with Gasteiger partial charge in [0.15, 0.2) is 6.04 Å².